The van der Waals surface area contributed by atoms with Gasteiger partial charge in [0.1, 0.15) is 18.9 Å². The largest absolute Gasteiger partial charge is 0.497 e. The van der Waals surface area contributed by atoms with Gasteiger partial charge in [-0.2, -0.15) is 0 Å². The second kappa shape index (κ2) is 10.1. The van der Waals surface area contributed by atoms with E-state index in [9.17, 15) is 19.2 Å². The number of carbonyl (C=O) groups excluding carboxylic acids is 4. The molecule has 1 atom stereocenters. The summed E-state index contributed by atoms with van der Waals surface area (Å²) < 4.78 is 15.1. The average Bonchev–Trinajstić information content (AvgIpc) is 2.70. The van der Waals surface area contributed by atoms with Gasteiger partial charge in [-0.25, -0.2) is 9.59 Å². The van der Waals surface area contributed by atoms with E-state index < -0.39 is 29.9 Å². The van der Waals surface area contributed by atoms with Crippen molar-refractivity contribution in [2.45, 2.75) is 19.9 Å². The minimum Gasteiger partial charge on any atom is -0.497 e. The number of amides is 3. The number of carbonyl (C=O) groups is 4. The van der Waals surface area contributed by atoms with E-state index in [4.69, 9.17) is 14.2 Å². The van der Waals surface area contributed by atoms with Crippen molar-refractivity contribution in [3.05, 3.63) is 41.1 Å². The van der Waals surface area contributed by atoms with Gasteiger partial charge < -0.3 is 30.2 Å². The van der Waals surface area contributed by atoms with E-state index >= 15 is 0 Å². The number of benzene rings is 1. The van der Waals surface area contributed by atoms with Crippen LogP contribution in [-0.2, 0) is 19.1 Å². The molecule has 2 rings (SSSR count). The molecule has 0 bridgehead atoms. The van der Waals surface area contributed by atoms with Crippen LogP contribution in [0, 0.1) is 0 Å². The second-order valence-corrected chi connectivity index (χ2v) is 6.01. The summed E-state index contributed by atoms with van der Waals surface area (Å²) in [7, 11) is 1.48. The van der Waals surface area contributed by atoms with Crippen LogP contribution >= 0.6 is 0 Å². The van der Waals surface area contributed by atoms with E-state index in [0.717, 1.165) is 0 Å². The van der Waals surface area contributed by atoms with Crippen LogP contribution in [0.3, 0.4) is 0 Å². The minimum atomic E-state index is -0.739. The van der Waals surface area contributed by atoms with Crippen LogP contribution in [-0.4, -0.2) is 56.8 Å². The van der Waals surface area contributed by atoms with Crippen LogP contribution in [0.4, 0.5) is 4.79 Å². The summed E-state index contributed by atoms with van der Waals surface area (Å²) in [6.07, 6.45) is 0. The molecule has 1 aliphatic heterocycles. The molecule has 0 saturated carbocycles. The fourth-order valence-electron chi connectivity index (χ4n) is 2.62. The number of hydrogen-bond donors (Lipinski definition) is 3. The molecule has 3 amide bonds. The standard InChI is InChI=1S/C19H23N3O7/c1-4-28-18(25)16-11(2)21-19(26)22-14(16)10-29-15(23)9-20-17(24)12-6-5-7-13(8-12)27-3/h5-8,11H,4,9-10H2,1-3H3,(H,20,24)(H2,21,22,26)/t11-/m1/s1. The van der Waals surface area contributed by atoms with Crippen molar-refractivity contribution in [2.75, 3.05) is 26.9 Å². The van der Waals surface area contributed by atoms with Crippen molar-refractivity contribution in [1.82, 2.24) is 16.0 Å². The van der Waals surface area contributed by atoms with Crippen molar-refractivity contribution in [3.8, 4) is 5.75 Å². The summed E-state index contributed by atoms with van der Waals surface area (Å²) in [5.41, 5.74) is 0.621. The molecule has 0 unspecified atom stereocenters. The molecular formula is C19H23N3O7. The Morgan fingerprint density at radius 1 is 1.21 bits per heavy atom. The fraction of sp³-hybridized carbons (Fsp3) is 0.368. The summed E-state index contributed by atoms with van der Waals surface area (Å²) in [5, 5.41) is 7.42. The zero-order valence-corrected chi connectivity index (χ0v) is 16.4. The van der Waals surface area contributed by atoms with Gasteiger partial charge in [-0.05, 0) is 32.0 Å². The van der Waals surface area contributed by atoms with Crippen LogP contribution < -0.4 is 20.7 Å². The first kappa shape index (κ1) is 21.7. The van der Waals surface area contributed by atoms with E-state index in [1.54, 1.807) is 32.0 Å². The van der Waals surface area contributed by atoms with Gasteiger partial charge in [-0.15, -0.1) is 0 Å². The van der Waals surface area contributed by atoms with Gasteiger partial charge in [0.05, 0.1) is 31.0 Å². The molecule has 0 radical (unpaired) electrons. The summed E-state index contributed by atoms with van der Waals surface area (Å²) in [4.78, 5) is 47.9. The van der Waals surface area contributed by atoms with Gasteiger partial charge >= 0.3 is 18.0 Å². The molecule has 10 heteroatoms. The van der Waals surface area contributed by atoms with Crippen molar-refractivity contribution >= 4 is 23.9 Å². The fourth-order valence-corrected chi connectivity index (χ4v) is 2.62. The normalized spacial score (nSPS) is 15.7. The molecule has 156 valence electrons. The van der Waals surface area contributed by atoms with Crippen molar-refractivity contribution < 1.29 is 33.4 Å². The van der Waals surface area contributed by atoms with Crippen molar-refractivity contribution in [2.24, 2.45) is 0 Å². The summed E-state index contributed by atoms with van der Waals surface area (Å²) in [6.45, 7) is 2.69. The van der Waals surface area contributed by atoms with E-state index in [-0.39, 0.29) is 31.0 Å². The Hall–Kier alpha value is -3.56. The maximum Gasteiger partial charge on any atom is 0.338 e. The molecule has 0 saturated heterocycles. The highest BCUT2D eigenvalue weighted by Crippen LogP contribution is 2.15. The van der Waals surface area contributed by atoms with Gasteiger partial charge in [-0.1, -0.05) is 6.07 Å². The third-order valence-corrected chi connectivity index (χ3v) is 3.97. The Labute approximate surface area is 167 Å². The molecular weight excluding hydrogens is 382 g/mol. The van der Waals surface area contributed by atoms with E-state index in [2.05, 4.69) is 16.0 Å². The average molecular weight is 405 g/mol. The molecule has 0 aromatic heterocycles. The van der Waals surface area contributed by atoms with Gasteiger partial charge in [0.2, 0.25) is 0 Å². The summed E-state index contributed by atoms with van der Waals surface area (Å²) in [6, 6.07) is 5.31. The number of ether oxygens (including phenoxy) is 3. The molecule has 10 nitrogen and oxygen atoms in total. The number of esters is 2. The molecule has 1 aromatic carbocycles. The maximum absolute atomic E-state index is 12.1. The minimum absolute atomic E-state index is 0.132. The molecule has 0 spiro atoms. The smallest absolute Gasteiger partial charge is 0.338 e. The first-order chi connectivity index (χ1) is 13.8. The first-order valence-corrected chi connectivity index (χ1v) is 8.91. The Morgan fingerprint density at radius 3 is 2.66 bits per heavy atom. The number of methoxy groups -OCH3 is 1. The second-order valence-electron chi connectivity index (χ2n) is 6.01. The maximum atomic E-state index is 12.1. The lowest BCUT2D eigenvalue weighted by Gasteiger charge is -2.26. The highest BCUT2D eigenvalue weighted by atomic mass is 16.5. The third kappa shape index (κ3) is 5.96. The summed E-state index contributed by atoms with van der Waals surface area (Å²) in [5.74, 6) is -1.33. The Bertz CT molecular complexity index is 835. The Kier molecular flexibility index (Phi) is 7.58. The highest BCUT2D eigenvalue weighted by molar-refractivity contribution is 5.96. The highest BCUT2D eigenvalue weighted by Gasteiger charge is 2.30. The van der Waals surface area contributed by atoms with Crippen LogP contribution in [0.2, 0.25) is 0 Å². The van der Waals surface area contributed by atoms with Crippen molar-refractivity contribution in [1.29, 1.82) is 0 Å². The molecule has 3 N–H and O–H groups in total. The lowest BCUT2D eigenvalue weighted by molar-refractivity contribution is -0.142. The molecule has 1 heterocycles. The van der Waals surface area contributed by atoms with Gasteiger partial charge in [-0.3, -0.25) is 9.59 Å². The van der Waals surface area contributed by atoms with Gasteiger partial charge in [0, 0.05) is 5.56 Å². The number of urea groups is 1. The number of hydrogen-bond acceptors (Lipinski definition) is 7. The molecule has 29 heavy (non-hydrogen) atoms. The zero-order chi connectivity index (χ0) is 21.4. The lowest BCUT2D eigenvalue weighted by Crippen LogP contribution is -2.50. The van der Waals surface area contributed by atoms with Gasteiger partial charge in [0.25, 0.3) is 5.91 Å². The predicted octanol–water partition coefficient (Wildman–Crippen LogP) is 0.487. The van der Waals surface area contributed by atoms with Crippen LogP contribution in [0.25, 0.3) is 0 Å². The predicted molar refractivity (Wildman–Crippen MR) is 101 cm³/mol. The van der Waals surface area contributed by atoms with Crippen LogP contribution in [0.15, 0.2) is 35.5 Å². The van der Waals surface area contributed by atoms with E-state index in [1.807, 2.05) is 0 Å². The zero-order valence-electron chi connectivity index (χ0n) is 16.4. The Morgan fingerprint density at radius 2 is 1.97 bits per heavy atom. The SMILES string of the molecule is CCOC(=O)C1=C(COC(=O)CNC(=O)c2cccc(OC)c2)NC(=O)N[C@@H]1C. The topological polar surface area (TPSA) is 132 Å². The number of nitrogens with one attached hydrogen (secondary N) is 3. The van der Waals surface area contributed by atoms with E-state index in [0.29, 0.717) is 11.3 Å². The quantitative estimate of drug-likeness (QED) is 0.536. The summed E-state index contributed by atoms with van der Waals surface area (Å²) >= 11 is 0. The lowest BCUT2D eigenvalue weighted by atomic mass is 10.0. The first-order valence-electron chi connectivity index (χ1n) is 8.91. The third-order valence-electron chi connectivity index (χ3n) is 3.97. The molecule has 1 aromatic rings. The number of rotatable bonds is 8. The van der Waals surface area contributed by atoms with Crippen LogP contribution in [0.1, 0.15) is 24.2 Å². The monoisotopic (exact) mass is 405 g/mol. The van der Waals surface area contributed by atoms with E-state index in [1.165, 1.54) is 13.2 Å². The Balaban J connectivity index is 1.95. The molecule has 0 fully saturated rings. The van der Waals surface area contributed by atoms with Crippen molar-refractivity contribution in [3.63, 3.8) is 0 Å². The van der Waals surface area contributed by atoms with Gasteiger partial charge in [0.15, 0.2) is 0 Å². The van der Waals surface area contributed by atoms with Crippen LogP contribution in [0.5, 0.6) is 5.75 Å². The molecule has 1 aliphatic rings. The molecule has 0 aliphatic carbocycles.